The van der Waals surface area contributed by atoms with Crippen LogP contribution in [0.4, 0.5) is 20.4 Å². The van der Waals surface area contributed by atoms with E-state index in [1.54, 1.807) is 11.9 Å². The first-order chi connectivity index (χ1) is 7.91. The van der Waals surface area contributed by atoms with Crippen LogP contribution in [-0.2, 0) is 0 Å². The van der Waals surface area contributed by atoms with Crippen LogP contribution in [0.25, 0.3) is 0 Å². The molecule has 4 nitrogen and oxygen atoms in total. The third-order valence-electron chi connectivity index (χ3n) is 2.40. The Bertz CT molecular complexity index is 382. The van der Waals surface area contributed by atoms with Crippen LogP contribution in [0.2, 0.25) is 0 Å². The maximum Gasteiger partial charge on any atom is 0.168 e. The van der Waals surface area contributed by atoms with Crippen LogP contribution in [0.5, 0.6) is 0 Å². The van der Waals surface area contributed by atoms with Crippen LogP contribution >= 0.6 is 0 Å². The zero-order valence-corrected chi connectivity index (χ0v) is 10.4. The Morgan fingerprint density at radius 1 is 1.18 bits per heavy atom. The molecule has 0 amide bonds. The van der Waals surface area contributed by atoms with Crippen molar-refractivity contribution in [1.29, 1.82) is 0 Å². The van der Waals surface area contributed by atoms with Crippen LogP contribution in [0.1, 0.15) is 6.42 Å². The Morgan fingerprint density at radius 2 is 1.82 bits per heavy atom. The fraction of sp³-hybridized carbons (Fsp3) is 0.545. The Labute approximate surface area is 100 Å². The second-order valence-electron chi connectivity index (χ2n) is 4.24. The van der Waals surface area contributed by atoms with Crippen molar-refractivity contribution in [3.05, 3.63) is 17.7 Å². The highest BCUT2D eigenvalue weighted by Crippen LogP contribution is 2.19. The molecule has 0 atom stereocenters. The minimum absolute atomic E-state index is 0.0858. The van der Waals surface area contributed by atoms with Gasteiger partial charge in [0.05, 0.1) is 0 Å². The third-order valence-corrected chi connectivity index (χ3v) is 2.40. The minimum Gasteiger partial charge on any atom is -0.381 e. The number of aromatic nitrogens is 1. The number of hydrogen-bond acceptors (Lipinski definition) is 4. The second-order valence-corrected chi connectivity index (χ2v) is 4.24. The smallest absolute Gasteiger partial charge is 0.168 e. The number of nitrogens with zero attached hydrogens (tertiary/aromatic N) is 3. The highest BCUT2D eigenvalue weighted by Gasteiger charge is 2.13. The highest BCUT2D eigenvalue weighted by molar-refractivity contribution is 5.46. The van der Waals surface area contributed by atoms with Crippen LogP contribution in [0.3, 0.4) is 0 Å². The summed E-state index contributed by atoms with van der Waals surface area (Å²) >= 11 is 0. The predicted molar refractivity (Wildman–Crippen MR) is 65.0 cm³/mol. The molecule has 6 heteroatoms. The highest BCUT2D eigenvalue weighted by atomic mass is 19.1. The summed E-state index contributed by atoms with van der Waals surface area (Å²) in [7, 11) is 5.64. The number of hydrogen-bond donors (Lipinski definition) is 1. The number of halogens is 2. The molecular formula is C11H18F2N4. The molecule has 0 bridgehead atoms. The quantitative estimate of drug-likeness (QED) is 0.848. The van der Waals surface area contributed by atoms with E-state index in [9.17, 15) is 8.78 Å². The van der Waals surface area contributed by atoms with E-state index in [2.05, 4.69) is 4.98 Å². The maximum atomic E-state index is 13.5. The molecule has 0 saturated heterocycles. The normalized spacial score (nSPS) is 10.9. The monoisotopic (exact) mass is 244 g/mol. The number of rotatable bonds is 5. The van der Waals surface area contributed by atoms with Gasteiger partial charge in [-0.2, -0.15) is 0 Å². The summed E-state index contributed by atoms with van der Waals surface area (Å²) in [5, 5.41) is 0. The van der Waals surface area contributed by atoms with Gasteiger partial charge >= 0.3 is 0 Å². The Kier molecular flexibility index (Phi) is 4.62. The first kappa shape index (κ1) is 13.6. The molecule has 0 aliphatic rings. The summed E-state index contributed by atoms with van der Waals surface area (Å²) in [5.74, 6) is -1.71. The average molecular weight is 244 g/mol. The summed E-state index contributed by atoms with van der Waals surface area (Å²) in [4.78, 5) is 7.38. The number of nitrogen functional groups attached to an aromatic ring is 1. The molecule has 0 aromatic carbocycles. The molecule has 2 N–H and O–H groups in total. The van der Waals surface area contributed by atoms with Crippen LogP contribution in [0.15, 0.2) is 6.07 Å². The van der Waals surface area contributed by atoms with Crippen molar-refractivity contribution in [3.8, 4) is 0 Å². The summed E-state index contributed by atoms with van der Waals surface area (Å²) in [6.45, 7) is 1.52. The van der Waals surface area contributed by atoms with Crippen molar-refractivity contribution < 1.29 is 8.78 Å². The van der Waals surface area contributed by atoms with E-state index in [4.69, 9.17) is 5.73 Å². The van der Waals surface area contributed by atoms with Gasteiger partial charge in [0.25, 0.3) is 0 Å². The van der Waals surface area contributed by atoms with Crippen LogP contribution < -0.4 is 10.6 Å². The standard InChI is InChI=1S/C11H18F2N4/c1-16(2)5-4-6-17(3)11-9(13)7-8(12)10(14)15-11/h7H,4-6H2,1-3H3,(H2,14,15). The summed E-state index contributed by atoms with van der Waals surface area (Å²) in [6.07, 6.45) is 0.863. The average Bonchev–Trinajstić information content (AvgIpc) is 2.22. The first-order valence-electron chi connectivity index (χ1n) is 5.39. The number of pyridine rings is 1. The molecule has 0 saturated carbocycles. The number of nitrogens with two attached hydrogens (primary N) is 1. The van der Waals surface area contributed by atoms with Gasteiger partial charge in [-0.1, -0.05) is 0 Å². The SMILES string of the molecule is CN(C)CCCN(C)c1nc(N)c(F)cc1F. The topological polar surface area (TPSA) is 45.4 Å². The van der Waals surface area contributed by atoms with Crippen molar-refractivity contribution in [2.75, 3.05) is 44.9 Å². The maximum absolute atomic E-state index is 13.5. The van der Waals surface area contributed by atoms with Crippen molar-refractivity contribution in [2.24, 2.45) is 0 Å². The molecule has 1 rings (SSSR count). The lowest BCUT2D eigenvalue weighted by molar-refractivity contribution is 0.401. The third kappa shape index (κ3) is 3.81. The van der Waals surface area contributed by atoms with E-state index >= 15 is 0 Å². The van der Waals surface area contributed by atoms with Crippen molar-refractivity contribution >= 4 is 11.6 Å². The van der Waals surface area contributed by atoms with Gasteiger partial charge in [0.15, 0.2) is 23.3 Å². The zero-order valence-electron chi connectivity index (χ0n) is 10.4. The van der Waals surface area contributed by atoms with Gasteiger partial charge < -0.3 is 15.5 Å². The molecule has 0 aliphatic carbocycles. The predicted octanol–water partition coefficient (Wildman–Crippen LogP) is 1.33. The van der Waals surface area contributed by atoms with E-state index in [1.807, 2.05) is 19.0 Å². The summed E-state index contributed by atoms with van der Waals surface area (Å²) in [6, 6.07) is 0.764. The molecule has 0 spiro atoms. The van der Waals surface area contributed by atoms with Crippen molar-refractivity contribution in [2.45, 2.75) is 6.42 Å². The summed E-state index contributed by atoms with van der Waals surface area (Å²) < 4.78 is 26.4. The fourth-order valence-electron chi connectivity index (χ4n) is 1.47. The molecular weight excluding hydrogens is 226 g/mol. The lowest BCUT2D eigenvalue weighted by atomic mass is 10.3. The van der Waals surface area contributed by atoms with Gasteiger partial charge in [-0.15, -0.1) is 0 Å². The minimum atomic E-state index is -0.826. The van der Waals surface area contributed by atoms with Gasteiger partial charge in [-0.05, 0) is 27.1 Å². The first-order valence-corrected chi connectivity index (χ1v) is 5.39. The van der Waals surface area contributed by atoms with E-state index in [0.717, 1.165) is 19.0 Å². The van der Waals surface area contributed by atoms with E-state index < -0.39 is 11.6 Å². The van der Waals surface area contributed by atoms with Crippen LogP contribution in [-0.4, -0.2) is 44.1 Å². The van der Waals surface area contributed by atoms with Crippen molar-refractivity contribution in [1.82, 2.24) is 9.88 Å². The van der Waals surface area contributed by atoms with Gasteiger partial charge in [0.2, 0.25) is 0 Å². The molecule has 0 fully saturated rings. The molecule has 1 aromatic heterocycles. The molecule has 1 aromatic rings. The van der Waals surface area contributed by atoms with Gasteiger partial charge in [-0.3, -0.25) is 0 Å². The van der Waals surface area contributed by atoms with E-state index in [0.29, 0.717) is 6.54 Å². The van der Waals surface area contributed by atoms with Gasteiger partial charge in [0.1, 0.15) is 0 Å². The second kappa shape index (κ2) is 5.77. The molecule has 0 unspecified atom stereocenters. The molecule has 96 valence electrons. The largest absolute Gasteiger partial charge is 0.381 e. The number of anilines is 2. The lowest BCUT2D eigenvalue weighted by Crippen LogP contribution is -2.25. The van der Waals surface area contributed by atoms with E-state index in [1.165, 1.54) is 0 Å². The van der Waals surface area contributed by atoms with E-state index in [-0.39, 0.29) is 11.6 Å². The van der Waals surface area contributed by atoms with Gasteiger partial charge in [-0.25, -0.2) is 13.8 Å². The zero-order chi connectivity index (χ0) is 13.0. The molecule has 1 heterocycles. The Morgan fingerprint density at radius 3 is 2.41 bits per heavy atom. The molecule has 17 heavy (non-hydrogen) atoms. The fourth-order valence-corrected chi connectivity index (χ4v) is 1.47. The Hall–Kier alpha value is -1.43. The van der Waals surface area contributed by atoms with Gasteiger partial charge in [0, 0.05) is 19.7 Å². The summed E-state index contributed by atoms with van der Waals surface area (Å²) in [5.41, 5.74) is 5.32. The molecule has 0 radical (unpaired) electrons. The van der Waals surface area contributed by atoms with Crippen molar-refractivity contribution in [3.63, 3.8) is 0 Å². The van der Waals surface area contributed by atoms with Crippen LogP contribution in [0, 0.1) is 11.6 Å². The molecule has 0 aliphatic heterocycles. The Balaban J connectivity index is 2.68. The lowest BCUT2D eigenvalue weighted by Gasteiger charge is -2.20.